The lowest BCUT2D eigenvalue weighted by molar-refractivity contribution is -0.116. The number of anilines is 2. The Morgan fingerprint density at radius 3 is 1.97 bits per heavy atom. The molecule has 0 radical (unpaired) electrons. The molecule has 2 aromatic rings. The van der Waals surface area contributed by atoms with Gasteiger partial charge in [-0.3, -0.25) is 14.9 Å². The molecule has 166 valence electrons. The largest absolute Gasteiger partial charge is 0.332 e. The summed E-state index contributed by atoms with van der Waals surface area (Å²) >= 11 is 5.26. The number of nitrogens with one attached hydrogen (secondary N) is 3. The average Bonchev–Trinajstić information content (AvgIpc) is 2.76. The van der Waals surface area contributed by atoms with E-state index in [2.05, 4.69) is 29.8 Å². The number of aryl methyl sites for hydroxylation is 1. The monoisotopic (exact) mass is 439 g/mol. The molecule has 2 rings (SSSR count). The van der Waals surface area contributed by atoms with Gasteiger partial charge < -0.3 is 10.6 Å². The molecule has 3 N–H and O–H groups in total. The lowest BCUT2D eigenvalue weighted by Crippen LogP contribution is -2.34. The maximum absolute atomic E-state index is 12.4. The molecule has 5 nitrogen and oxygen atoms in total. The van der Waals surface area contributed by atoms with Crippen molar-refractivity contribution in [3.63, 3.8) is 0 Å². The van der Waals surface area contributed by atoms with Crippen LogP contribution >= 0.6 is 12.2 Å². The number of hydrogen-bond donors (Lipinski definition) is 3. The highest BCUT2D eigenvalue weighted by molar-refractivity contribution is 7.80. The third kappa shape index (κ3) is 9.30. The number of thiocarbonyl (C=S) groups is 1. The summed E-state index contributed by atoms with van der Waals surface area (Å²) in [5.74, 6) is -0.220. The van der Waals surface area contributed by atoms with Gasteiger partial charge in [0.05, 0.1) is 0 Å². The first-order valence-corrected chi connectivity index (χ1v) is 11.5. The predicted molar refractivity (Wildman–Crippen MR) is 133 cm³/mol. The van der Waals surface area contributed by atoms with Gasteiger partial charge in [-0.05, 0) is 73.4 Å². The van der Waals surface area contributed by atoms with Crippen molar-refractivity contribution >= 4 is 40.5 Å². The summed E-state index contributed by atoms with van der Waals surface area (Å²) in [4.78, 5) is 24.3. The molecule has 0 bridgehead atoms. The van der Waals surface area contributed by atoms with Crippen LogP contribution in [0.5, 0.6) is 0 Å². The van der Waals surface area contributed by atoms with Crippen molar-refractivity contribution in [2.24, 2.45) is 0 Å². The zero-order chi connectivity index (χ0) is 22.5. The normalized spacial score (nSPS) is 10.4. The maximum Gasteiger partial charge on any atom is 0.257 e. The van der Waals surface area contributed by atoms with Crippen molar-refractivity contribution in [3.8, 4) is 0 Å². The molecular weight excluding hydrogens is 406 g/mol. The van der Waals surface area contributed by atoms with Crippen LogP contribution in [0, 0.1) is 0 Å². The van der Waals surface area contributed by atoms with Crippen molar-refractivity contribution in [2.45, 2.75) is 65.2 Å². The highest BCUT2D eigenvalue weighted by Gasteiger charge is 2.08. The molecule has 0 atom stereocenters. The Balaban J connectivity index is 1.79. The first-order valence-electron chi connectivity index (χ1n) is 11.1. The van der Waals surface area contributed by atoms with Gasteiger partial charge in [-0.25, -0.2) is 0 Å². The van der Waals surface area contributed by atoms with Crippen molar-refractivity contribution in [3.05, 3.63) is 59.7 Å². The smallest absolute Gasteiger partial charge is 0.257 e. The lowest BCUT2D eigenvalue weighted by atomic mass is 10.1. The molecule has 0 aliphatic heterocycles. The van der Waals surface area contributed by atoms with E-state index in [0.717, 1.165) is 43.5 Å². The number of benzene rings is 2. The van der Waals surface area contributed by atoms with Crippen molar-refractivity contribution in [1.29, 1.82) is 0 Å². The zero-order valence-corrected chi connectivity index (χ0v) is 19.3. The van der Waals surface area contributed by atoms with E-state index in [-0.39, 0.29) is 16.9 Å². The highest BCUT2D eigenvalue weighted by Crippen LogP contribution is 2.15. The third-order valence-electron chi connectivity index (χ3n) is 4.95. The van der Waals surface area contributed by atoms with Gasteiger partial charge in [0.15, 0.2) is 5.11 Å². The molecule has 0 aliphatic carbocycles. The summed E-state index contributed by atoms with van der Waals surface area (Å²) < 4.78 is 0. The summed E-state index contributed by atoms with van der Waals surface area (Å²) in [6, 6.07) is 14.9. The fourth-order valence-corrected chi connectivity index (χ4v) is 3.35. The summed E-state index contributed by atoms with van der Waals surface area (Å²) in [5, 5.41) is 8.82. The highest BCUT2D eigenvalue weighted by atomic mass is 32.1. The summed E-state index contributed by atoms with van der Waals surface area (Å²) in [5.41, 5.74) is 3.29. The fourth-order valence-electron chi connectivity index (χ4n) is 3.14. The van der Waals surface area contributed by atoms with Crippen molar-refractivity contribution < 1.29 is 9.59 Å². The van der Waals surface area contributed by atoms with Crippen LogP contribution in [0.3, 0.4) is 0 Å². The Morgan fingerprint density at radius 1 is 0.774 bits per heavy atom. The molecule has 0 spiro atoms. The minimum absolute atomic E-state index is 0.0216. The quantitative estimate of drug-likeness (QED) is 0.294. The second-order valence-electron chi connectivity index (χ2n) is 7.64. The van der Waals surface area contributed by atoms with Gasteiger partial charge in [-0.15, -0.1) is 0 Å². The maximum atomic E-state index is 12.4. The molecule has 0 aliphatic rings. The van der Waals surface area contributed by atoms with Gasteiger partial charge in [-0.2, -0.15) is 0 Å². The van der Waals surface area contributed by atoms with E-state index >= 15 is 0 Å². The number of hydrogen-bond acceptors (Lipinski definition) is 3. The summed E-state index contributed by atoms with van der Waals surface area (Å²) in [7, 11) is 0. The van der Waals surface area contributed by atoms with Crippen LogP contribution in [0.2, 0.25) is 0 Å². The van der Waals surface area contributed by atoms with Gasteiger partial charge in [0.25, 0.3) is 5.91 Å². The van der Waals surface area contributed by atoms with Gasteiger partial charge >= 0.3 is 0 Å². The van der Waals surface area contributed by atoms with Gasteiger partial charge in [-0.1, -0.05) is 51.7 Å². The van der Waals surface area contributed by atoms with Crippen LogP contribution in [-0.2, 0) is 11.2 Å². The predicted octanol–water partition coefficient (Wildman–Crippen LogP) is 6.06. The first kappa shape index (κ1) is 24.5. The van der Waals surface area contributed by atoms with Crippen molar-refractivity contribution in [2.75, 3.05) is 10.6 Å². The zero-order valence-electron chi connectivity index (χ0n) is 18.5. The second kappa shape index (κ2) is 13.5. The molecule has 2 aromatic carbocycles. The minimum atomic E-state index is -0.242. The van der Waals surface area contributed by atoms with E-state index in [1.807, 2.05) is 48.5 Å². The van der Waals surface area contributed by atoms with Gasteiger partial charge in [0.1, 0.15) is 0 Å². The van der Waals surface area contributed by atoms with Crippen LogP contribution < -0.4 is 16.0 Å². The number of amides is 2. The Morgan fingerprint density at radius 2 is 1.35 bits per heavy atom. The molecular formula is C25H33N3O2S. The van der Waals surface area contributed by atoms with Crippen LogP contribution in [0.25, 0.3) is 0 Å². The van der Waals surface area contributed by atoms with Gasteiger partial charge in [0.2, 0.25) is 5.91 Å². The molecule has 6 heteroatoms. The Labute approximate surface area is 191 Å². The SMILES string of the molecule is CCCCCC(=O)Nc1ccc(NC(=S)NC(=O)c2ccc(CCCCC)cc2)cc1. The molecule has 0 unspecified atom stereocenters. The minimum Gasteiger partial charge on any atom is -0.332 e. The first-order chi connectivity index (χ1) is 15.0. The van der Waals surface area contributed by atoms with Crippen LogP contribution in [-0.4, -0.2) is 16.9 Å². The standard InChI is InChI=1S/C25H33N3O2S/c1-3-5-7-9-19-11-13-20(14-12-19)24(30)28-25(31)27-22-17-15-21(16-18-22)26-23(29)10-8-6-4-2/h11-18H,3-10H2,1-2H3,(H,26,29)(H2,27,28,30,31). The molecule has 0 fully saturated rings. The van der Waals surface area contributed by atoms with E-state index in [4.69, 9.17) is 12.2 Å². The fraction of sp³-hybridized carbons (Fsp3) is 0.400. The number of carbonyl (C=O) groups excluding carboxylic acids is 2. The molecule has 0 heterocycles. The lowest BCUT2D eigenvalue weighted by Gasteiger charge is -2.11. The average molecular weight is 440 g/mol. The topological polar surface area (TPSA) is 70.2 Å². The van der Waals surface area contributed by atoms with Gasteiger partial charge in [0, 0.05) is 23.4 Å². The molecule has 0 saturated carbocycles. The van der Waals surface area contributed by atoms with Crippen LogP contribution in [0.15, 0.2) is 48.5 Å². The van der Waals surface area contributed by atoms with Crippen molar-refractivity contribution in [1.82, 2.24) is 5.32 Å². The van der Waals surface area contributed by atoms with E-state index < -0.39 is 0 Å². The van der Waals surface area contributed by atoms with E-state index in [1.54, 1.807) is 0 Å². The van der Waals surface area contributed by atoms with E-state index in [1.165, 1.54) is 18.4 Å². The van der Waals surface area contributed by atoms with Crippen LogP contribution in [0.4, 0.5) is 11.4 Å². The number of carbonyl (C=O) groups is 2. The second-order valence-corrected chi connectivity index (χ2v) is 8.05. The summed E-state index contributed by atoms with van der Waals surface area (Å²) in [6.45, 7) is 4.30. The van der Waals surface area contributed by atoms with E-state index in [9.17, 15) is 9.59 Å². The molecule has 31 heavy (non-hydrogen) atoms. The molecule has 0 aromatic heterocycles. The third-order valence-corrected chi connectivity index (χ3v) is 5.15. The van der Waals surface area contributed by atoms with Crippen LogP contribution in [0.1, 0.15) is 74.7 Å². The number of unbranched alkanes of at least 4 members (excludes halogenated alkanes) is 4. The molecule has 2 amide bonds. The summed E-state index contributed by atoms with van der Waals surface area (Å²) in [6.07, 6.45) is 8.19. The van der Waals surface area contributed by atoms with E-state index in [0.29, 0.717) is 12.0 Å². The Hall–Kier alpha value is -2.73. The Bertz CT molecular complexity index is 848. The molecule has 0 saturated heterocycles. The number of rotatable bonds is 11. The Kier molecular flexibility index (Phi) is 10.7.